The molecule has 3 aliphatic heterocycles. The van der Waals surface area contributed by atoms with Crippen molar-refractivity contribution < 1.29 is 23.1 Å². The molecule has 3 heterocycles. The number of hydrogen-bond donors (Lipinski definition) is 0. The van der Waals surface area contributed by atoms with E-state index in [1.54, 1.807) is 0 Å². The van der Waals surface area contributed by atoms with E-state index in [-0.39, 0.29) is 11.1 Å². The Labute approximate surface area is 264 Å². The number of anilines is 1. The average Bonchev–Trinajstić information content (AvgIpc) is 3.00. The van der Waals surface area contributed by atoms with Crippen LogP contribution in [-0.4, -0.2) is 31.6 Å². The van der Waals surface area contributed by atoms with Gasteiger partial charge in [0.1, 0.15) is 24.6 Å². The maximum Gasteiger partial charge on any atom is 0.206 e. The lowest BCUT2D eigenvalue weighted by molar-refractivity contribution is -0.255. The van der Waals surface area contributed by atoms with E-state index in [0.717, 1.165) is 77.9 Å². The van der Waals surface area contributed by atoms with Gasteiger partial charge in [0.05, 0.1) is 11.5 Å². The van der Waals surface area contributed by atoms with E-state index in [1.165, 1.54) is 5.36 Å². The summed E-state index contributed by atoms with van der Waals surface area (Å²) in [5.74, 6) is -7.22. The summed E-state index contributed by atoms with van der Waals surface area (Å²) < 4.78 is 49.9. The molecule has 0 unspecified atom stereocenters. The molecule has 0 atom stereocenters. The summed E-state index contributed by atoms with van der Waals surface area (Å²) in [7, 11) is 2.01. The summed E-state index contributed by atoms with van der Waals surface area (Å²) in [6.07, 6.45) is 5.51. The SMILES string of the molecule is CC1=CC(C)(C)N(C)c2cc3c(cc21)C(c1c(F)c(N=[N+]=[N-])c(F)c(F)c1C(=O)[O-])=c1cc2c4c(c1C3(C)C)CCC[N+]=4CCC2. The Hall–Kier alpha value is -4.56. The van der Waals surface area contributed by atoms with Gasteiger partial charge in [-0.3, -0.25) is 0 Å². The number of hydrogen-bond acceptors (Lipinski definition) is 4. The van der Waals surface area contributed by atoms with Gasteiger partial charge in [-0.25, -0.2) is 17.7 Å². The summed E-state index contributed by atoms with van der Waals surface area (Å²) in [5, 5.41) is 17.5. The van der Waals surface area contributed by atoms with E-state index in [1.807, 2.05) is 26.1 Å². The van der Waals surface area contributed by atoms with Gasteiger partial charge in [0.2, 0.25) is 5.36 Å². The van der Waals surface area contributed by atoms with Crippen LogP contribution >= 0.6 is 0 Å². The summed E-state index contributed by atoms with van der Waals surface area (Å²) >= 11 is 0. The second-order valence-electron chi connectivity index (χ2n) is 14.0. The second-order valence-corrected chi connectivity index (χ2v) is 14.0. The van der Waals surface area contributed by atoms with Crippen molar-refractivity contribution in [2.45, 2.75) is 71.3 Å². The minimum absolute atomic E-state index is 0.124. The normalized spacial score (nSPS) is 18.5. The lowest BCUT2D eigenvalue weighted by atomic mass is 9.65. The first-order valence-electron chi connectivity index (χ1n) is 15.6. The first-order chi connectivity index (χ1) is 21.7. The molecule has 0 N–H and O–H groups in total. The van der Waals surface area contributed by atoms with Crippen molar-refractivity contribution in [2.24, 2.45) is 5.11 Å². The Morgan fingerprint density at radius 1 is 1.02 bits per heavy atom. The van der Waals surface area contributed by atoms with E-state index in [9.17, 15) is 9.90 Å². The maximum atomic E-state index is 16.6. The molecule has 10 heteroatoms. The summed E-state index contributed by atoms with van der Waals surface area (Å²) in [5.41, 5.74) is 12.3. The van der Waals surface area contributed by atoms with Crippen LogP contribution in [0.1, 0.15) is 96.8 Å². The molecule has 0 spiro atoms. The van der Waals surface area contributed by atoms with Gasteiger partial charge in [0.25, 0.3) is 0 Å². The van der Waals surface area contributed by atoms with Gasteiger partial charge in [0, 0.05) is 69.3 Å². The van der Waals surface area contributed by atoms with Gasteiger partial charge < -0.3 is 14.8 Å². The maximum absolute atomic E-state index is 16.6. The Morgan fingerprint density at radius 3 is 2.39 bits per heavy atom. The number of fused-ring (bicyclic) bond motifs is 4. The minimum Gasteiger partial charge on any atom is -0.545 e. The highest BCUT2D eigenvalue weighted by Crippen LogP contribution is 2.49. The van der Waals surface area contributed by atoms with Crippen molar-refractivity contribution in [2.75, 3.05) is 25.0 Å². The Balaban J connectivity index is 1.77. The van der Waals surface area contributed by atoms with Crippen LogP contribution in [0.4, 0.5) is 24.5 Å². The van der Waals surface area contributed by atoms with Crippen LogP contribution in [0.3, 0.4) is 0 Å². The highest BCUT2D eigenvalue weighted by molar-refractivity contribution is 6.00. The first-order valence-corrected chi connectivity index (χ1v) is 15.6. The van der Waals surface area contributed by atoms with Crippen LogP contribution in [0.25, 0.3) is 21.6 Å². The standard InChI is InChI=1S/C36H34F3N5O2/c1-17-16-35(2,3)43(6)24-15-23-21(14-20(17)24)25(26-27(34(45)46)29(37)31(39)32(30(26)38)41-42-40)22-13-18-9-7-11-44-12-8-10-19(33(18)44)28(22)36(23,4)5/h13-16H,7-12H2,1-6H3. The van der Waals surface area contributed by atoms with Crippen LogP contribution in [0.5, 0.6) is 0 Å². The zero-order valence-corrected chi connectivity index (χ0v) is 26.7. The highest BCUT2D eigenvalue weighted by Gasteiger charge is 2.42. The van der Waals surface area contributed by atoms with E-state index in [2.05, 4.69) is 59.3 Å². The molecule has 0 aromatic heterocycles. The number of nitrogens with zero attached hydrogens (tertiary/aromatic N) is 5. The third kappa shape index (κ3) is 3.95. The van der Waals surface area contributed by atoms with E-state index >= 15 is 13.2 Å². The smallest absolute Gasteiger partial charge is 0.206 e. The number of rotatable bonds is 3. The minimum atomic E-state index is -2.07. The number of aromatic carboxylic acids is 1. The zero-order valence-electron chi connectivity index (χ0n) is 26.7. The van der Waals surface area contributed by atoms with Crippen molar-refractivity contribution in [3.05, 3.63) is 107 Å². The molecular weight excluding hydrogens is 591 g/mol. The molecule has 3 aromatic carbocycles. The summed E-state index contributed by atoms with van der Waals surface area (Å²) in [4.78, 5) is 17.3. The van der Waals surface area contributed by atoms with Gasteiger partial charge in [-0.05, 0) is 84.8 Å². The number of allylic oxidation sites excluding steroid dienone is 1. The number of carboxylic acid groups (broad SMARTS) is 1. The fourth-order valence-corrected chi connectivity index (χ4v) is 8.45. The number of azide groups is 1. The molecule has 3 aromatic rings. The monoisotopic (exact) mass is 625 g/mol. The molecule has 0 amide bonds. The van der Waals surface area contributed by atoms with Crippen molar-refractivity contribution in [1.82, 2.24) is 4.58 Å². The average molecular weight is 626 g/mol. The van der Waals surface area contributed by atoms with Crippen molar-refractivity contribution in [3.63, 3.8) is 0 Å². The molecule has 0 saturated carbocycles. The number of benzene rings is 3. The van der Waals surface area contributed by atoms with Crippen LogP contribution < -0.4 is 25.2 Å². The molecule has 0 saturated heterocycles. The quantitative estimate of drug-likeness (QED) is 0.130. The number of carbonyl (C=O) groups excluding carboxylic acids is 1. The molecule has 0 radical (unpaired) electrons. The molecule has 0 bridgehead atoms. The number of carboxylic acids is 1. The van der Waals surface area contributed by atoms with Gasteiger partial charge >= 0.3 is 0 Å². The van der Waals surface area contributed by atoms with E-state index < -0.39 is 45.7 Å². The number of halogens is 3. The van der Waals surface area contributed by atoms with Gasteiger partial charge in [0.15, 0.2) is 11.6 Å². The molecule has 1 aliphatic carbocycles. The number of aryl methyl sites for hydroxylation is 1. The first kappa shape index (κ1) is 30.1. The predicted octanol–water partition coefficient (Wildman–Crippen LogP) is 5.31. The van der Waals surface area contributed by atoms with Crippen LogP contribution in [0.2, 0.25) is 0 Å². The Kier molecular flexibility index (Phi) is 6.53. The summed E-state index contributed by atoms with van der Waals surface area (Å²) in [6.45, 7) is 12.3. The molecular formula is C36H34F3N5O2. The summed E-state index contributed by atoms with van der Waals surface area (Å²) in [6, 6.07) is 5.96. The Morgan fingerprint density at radius 2 is 1.72 bits per heavy atom. The van der Waals surface area contributed by atoms with E-state index in [0.29, 0.717) is 10.8 Å². The molecule has 7 rings (SSSR count). The van der Waals surface area contributed by atoms with Crippen molar-refractivity contribution >= 4 is 28.5 Å². The molecule has 46 heavy (non-hydrogen) atoms. The third-order valence-corrected chi connectivity index (χ3v) is 10.6. The fourth-order valence-electron chi connectivity index (χ4n) is 8.45. The lowest BCUT2D eigenvalue weighted by Gasteiger charge is -2.43. The van der Waals surface area contributed by atoms with Crippen LogP contribution in [0.15, 0.2) is 29.4 Å². The Bertz CT molecular complexity index is 2160. The van der Waals surface area contributed by atoms with Crippen LogP contribution in [-0.2, 0) is 18.3 Å². The van der Waals surface area contributed by atoms with Gasteiger partial charge in [-0.1, -0.05) is 25.0 Å². The molecule has 7 nitrogen and oxygen atoms in total. The topological polar surface area (TPSA) is 95.1 Å². The second kappa shape index (κ2) is 9.97. The highest BCUT2D eigenvalue weighted by atomic mass is 19.2. The van der Waals surface area contributed by atoms with Crippen molar-refractivity contribution in [1.29, 1.82) is 0 Å². The third-order valence-electron chi connectivity index (χ3n) is 10.6. The predicted molar refractivity (Wildman–Crippen MR) is 169 cm³/mol. The van der Waals surface area contributed by atoms with Gasteiger partial charge in [-0.2, -0.15) is 0 Å². The van der Waals surface area contributed by atoms with Crippen LogP contribution in [0, 0.1) is 17.5 Å². The molecule has 4 aliphatic rings. The lowest BCUT2D eigenvalue weighted by Crippen LogP contribution is -2.49. The van der Waals surface area contributed by atoms with E-state index in [4.69, 9.17) is 5.53 Å². The number of likely N-dealkylation sites (N-methyl/N-ethyl adjacent to an activating group) is 1. The van der Waals surface area contributed by atoms with Crippen molar-refractivity contribution in [3.8, 4) is 0 Å². The number of carbonyl (C=O) groups is 1. The molecule has 0 fully saturated rings. The zero-order chi connectivity index (χ0) is 33.0. The van der Waals surface area contributed by atoms with Gasteiger partial charge in [-0.15, -0.1) is 0 Å². The fraction of sp³-hybridized carbons (Fsp3) is 0.389. The molecule has 236 valence electrons. The largest absolute Gasteiger partial charge is 0.545 e.